The van der Waals surface area contributed by atoms with Crippen molar-refractivity contribution < 1.29 is 33.2 Å². The van der Waals surface area contributed by atoms with Crippen LogP contribution in [0, 0.1) is 0 Å². The smallest absolute Gasteiger partial charge is 0.119 e. The molecule has 0 aliphatic heterocycles. The molecule has 1 rings (SSSR count). The fourth-order valence-corrected chi connectivity index (χ4v) is 3.82. The molecule has 0 saturated carbocycles. The molecule has 0 heterocycles. The first-order valence-electron chi connectivity index (χ1n) is 11.3. The zero-order valence-corrected chi connectivity index (χ0v) is 20.4. The lowest BCUT2D eigenvalue weighted by molar-refractivity contribution is -0.923. The number of nitrogens with zero attached hydrogens (tertiary/aromatic N) is 1. The second-order valence-corrected chi connectivity index (χ2v) is 7.71. The molecule has 2 nitrogen and oxygen atoms in total. The quantitative estimate of drug-likeness (QED) is 0.184. The van der Waals surface area contributed by atoms with Gasteiger partial charge in [-0.05, 0) is 52.2 Å². The summed E-state index contributed by atoms with van der Waals surface area (Å²) in [7, 11) is 0. The van der Waals surface area contributed by atoms with E-state index in [0.29, 0.717) is 0 Å². The van der Waals surface area contributed by atoms with Crippen LogP contribution in [0.1, 0.15) is 85.0 Å². The van der Waals surface area contributed by atoms with E-state index >= 15 is 0 Å². The monoisotopic (exact) mass is 489 g/mol. The zero-order chi connectivity index (χ0) is 18.9. The van der Waals surface area contributed by atoms with Crippen molar-refractivity contribution in [1.29, 1.82) is 0 Å². The maximum Gasteiger partial charge on any atom is 0.119 e. The SMILES string of the molecule is CC[N+](CC)(CC)CCCCCCCCCCCCOc1ccccc1.[I-]. The molecular weight excluding hydrogens is 445 g/mol. The van der Waals surface area contributed by atoms with Gasteiger partial charge in [-0.1, -0.05) is 63.1 Å². The van der Waals surface area contributed by atoms with Gasteiger partial charge < -0.3 is 33.2 Å². The van der Waals surface area contributed by atoms with Crippen molar-refractivity contribution in [2.24, 2.45) is 0 Å². The van der Waals surface area contributed by atoms with Crippen LogP contribution in [-0.4, -0.2) is 37.3 Å². The van der Waals surface area contributed by atoms with Gasteiger partial charge in [0.25, 0.3) is 0 Å². The van der Waals surface area contributed by atoms with E-state index < -0.39 is 0 Å². The molecule has 158 valence electrons. The molecule has 0 atom stereocenters. The summed E-state index contributed by atoms with van der Waals surface area (Å²) < 4.78 is 7.05. The second kappa shape index (κ2) is 17.8. The van der Waals surface area contributed by atoms with Gasteiger partial charge in [0.1, 0.15) is 5.75 Å². The molecule has 1 aromatic carbocycles. The summed E-state index contributed by atoms with van der Waals surface area (Å²) >= 11 is 0. The van der Waals surface area contributed by atoms with E-state index in [1.54, 1.807) is 0 Å². The maximum absolute atomic E-state index is 5.74. The van der Waals surface area contributed by atoms with Crippen molar-refractivity contribution in [2.75, 3.05) is 32.8 Å². The van der Waals surface area contributed by atoms with Crippen LogP contribution in [0.3, 0.4) is 0 Å². The summed E-state index contributed by atoms with van der Waals surface area (Å²) in [5.41, 5.74) is 0. The van der Waals surface area contributed by atoms with Crippen LogP contribution in [0.4, 0.5) is 0 Å². The third-order valence-corrected chi connectivity index (χ3v) is 6.05. The van der Waals surface area contributed by atoms with E-state index in [1.807, 2.05) is 30.3 Å². The van der Waals surface area contributed by atoms with Gasteiger partial charge in [0, 0.05) is 0 Å². The van der Waals surface area contributed by atoms with Crippen molar-refractivity contribution in [3.8, 4) is 5.75 Å². The number of quaternary nitrogens is 1. The largest absolute Gasteiger partial charge is 1.00 e. The van der Waals surface area contributed by atoms with E-state index in [1.165, 1.54) is 94.9 Å². The molecule has 0 aliphatic rings. The lowest BCUT2D eigenvalue weighted by Gasteiger charge is -2.35. The van der Waals surface area contributed by atoms with Gasteiger partial charge in [0.15, 0.2) is 0 Å². The standard InChI is InChI=1S/C24H44NO.HI/c1-4-25(5-2,6-3)22-18-13-11-9-7-8-10-12-14-19-23-26-24-20-16-15-17-21-24;/h15-17,20-21H,4-14,18-19,22-23H2,1-3H3;1H/q+1;/p-1. The number of halogens is 1. The Labute approximate surface area is 186 Å². The van der Waals surface area contributed by atoms with Crippen molar-refractivity contribution in [1.82, 2.24) is 0 Å². The lowest BCUT2D eigenvalue weighted by Crippen LogP contribution is -3.00. The average Bonchev–Trinajstić information content (AvgIpc) is 2.70. The molecule has 1 aromatic rings. The number of unbranched alkanes of at least 4 members (excludes halogenated alkanes) is 9. The van der Waals surface area contributed by atoms with E-state index in [9.17, 15) is 0 Å². The Hall–Kier alpha value is -0.290. The van der Waals surface area contributed by atoms with Gasteiger partial charge in [-0.15, -0.1) is 0 Å². The van der Waals surface area contributed by atoms with Gasteiger partial charge in [-0.2, -0.15) is 0 Å². The predicted octanol–water partition coefficient (Wildman–Crippen LogP) is 3.85. The Bertz CT molecular complexity index is 411. The van der Waals surface area contributed by atoms with Crippen LogP contribution in [0.15, 0.2) is 30.3 Å². The topological polar surface area (TPSA) is 9.23 Å². The Balaban J connectivity index is 0.00000676. The highest BCUT2D eigenvalue weighted by Gasteiger charge is 2.19. The van der Waals surface area contributed by atoms with Crippen LogP contribution < -0.4 is 28.7 Å². The van der Waals surface area contributed by atoms with Crippen LogP contribution in [-0.2, 0) is 0 Å². The molecule has 3 heteroatoms. The summed E-state index contributed by atoms with van der Waals surface area (Å²) in [6.07, 6.45) is 13.8. The Morgan fingerprint density at radius 2 is 1.07 bits per heavy atom. The molecule has 0 bridgehead atoms. The van der Waals surface area contributed by atoms with Crippen molar-refractivity contribution in [2.45, 2.75) is 85.0 Å². The van der Waals surface area contributed by atoms with Crippen LogP contribution in [0.2, 0.25) is 0 Å². The molecule has 0 aliphatic carbocycles. The van der Waals surface area contributed by atoms with Crippen LogP contribution >= 0.6 is 0 Å². The average molecular weight is 490 g/mol. The van der Waals surface area contributed by atoms with E-state index in [-0.39, 0.29) is 24.0 Å². The van der Waals surface area contributed by atoms with Crippen molar-refractivity contribution in [3.63, 3.8) is 0 Å². The summed E-state index contributed by atoms with van der Waals surface area (Å²) in [4.78, 5) is 0. The van der Waals surface area contributed by atoms with Crippen molar-refractivity contribution in [3.05, 3.63) is 30.3 Å². The van der Waals surface area contributed by atoms with E-state index in [0.717, 1.165) is 12.4 Å². The summed E-state index contributed by atoms with van der Waals surface area (Å²) in [5, 5.41) is 0. The van der Waals surface area contributed by atoms with Gasteiger partial charge in [0.05, 0.1) is 32.8 Å². The molecule has 0 amide bonds. The number of benzene rings is 1. The molecule has 0 N–H and O–H groups in total. The van der Waals surface area contributed by atoms with Crippen molar-refractivity contribution >= 4 is 0 Å². The first kappa shape index (κ1) is 26.7. The third kappa shape index (κ3) is 12.7. The van der Waals surface area contributed by atoms with Crippen LogP contribution in [0.25, 0.3) is 0 Å². The summed E-state index contributed by atoms with van der Waals surface area (Å²) in [6, 6.07) is 10.2. The molecule has 0 fully saturated rings. The van der Waals surface area contributed by atoms with Gasteiger partial charge in [-0.25, -0.2) is 0 Å². The van der Waals surface area contributed by atoms with E-state index in [2.05, 4.69) is 20.8 Å². The molecule has 0 radical (unpaired) electrons. The minimum atomic E-state index is 0. The molecule has 0 unspecified atom stereocenters. The predicted molar refractivity (Wildman–Crippen MR) is 115 cm³/mol. The number of ether oxygens (including phenoxy) is 1. The van der Waals surface area contributed by atoms with Gasteiger partial charge in [-0.3, -0.25) is 0 Å². The highest BCUT2D eigenvalue weighted by Crippen LogP contribution is 2.14. The molecule has 0 spiro atoms. The molecule has 27 heavy (non-hydrogen) atoms. The highest BCUT2D eigenvalue weighted by molar-refractivity contribution is 5.20. The zero-order valence-electron chi connectivity index (χ0n) is 18.2. The fourth-order valence-electron chi connectivity index (χ4n) is 3.82. The summed E-state index contributed by atoms with van der Waals surface area (Å²) in [6.45, 7) is 13.2. The minimum absolute atomic E-state index is 0. The maximum atomic E-state index is 5.74. The van der Waals surface area contributed by atoms with E-state index in [4.69, 9.17) is 4.74 Å². The first-order valence-corrected chi connectivity index (χ1v) is 11.3. The summed E-state index contributed by atoms with van der Waals surface area (Å²) in [5.74, 6) is 1.00. The minimum Gasteiger partial charge on any atom is -1.00 e. The first-order chi connectivity index (χ1) is 12.8. The number of rotatable bonds is 17. The normalized spacial score (nSPS) is 11.2. The fraction of sp³-hybridized carbons (Fsp3) is 0.750. The number of para-hydroxylation sites is 1. The second-order valence-electron chi connectivity index (χ2n) is 7.71. The number of hydrogen-bond acceptors (Lipinski definition) is 1. The van der Waals surface area contributed by atoms with Gasteiger partial charge in [0.2, 0.25) is 0 Å². The van der Waals surface area contributed by atoms with Gasteiger partial charge >= 0.3 is 0 Å². The number of hydrogen-bond donors (Lipinski definition) is 0. The third-order valence-electron chi connectivity index (χ3n) is 6.05. The van der Waals surface area contributed by atoms with Crippen LogP contribution in [0.5, 0.6) is 5.75 Å². The Morgan fingerprint density at radius 3 is 1.56 bits per heavy atom. The molecule has 0 saturated heterocycles. The lowest BCUT2D eigenvalue weighted by atomic mass is 10.1. The Kier molecular flexibility index (Phi) is 17.6. The Morgan fingerprint density at radius 1 is 0.630 bits per heavy atom. The highest BCUT2D eigenvalue weighted by atomic mass is 127. The molecule has 0 aromatic heterocycles. The molecular formula is C24H44INO.